The highest BCUT2D eigenvalue weighted by molar-refractivity contribution is 7.89. The molecule has 0 amide bonds. The number of aromatic nitrogens is 1. The Bertz CT molecular complexity index is 398. The second-order valence-electron chi connectivity index (χ2n) is 2.25. The van der Waals surface area contributed by atoms with E-state index in [9.17, 15) is 16.8 Å². The molecular formula is C5H9NO6S3. The molecule has 0 bridgehead atoms. The molecule has 0 aliphatic heterocycles. The zero-order valence-electron chi connectivity index (χ0n) is 7.35. The summed E-state index contributed by atoms with van der Waals surface area (Å²) in [5.74, 6) is -1.96. The molecule has 2 N–H and O–H groups in total. The minimum atomic E-state index is -4.30. The molecule has 1 rings (SSSR count). The number of rotatable bonds is 3. The van der Waals surface area contributed by atoms with Crippen LogP contribution >= 0.6 is 11.3 Å². The predicted molar refractivity (Wildman–Crippen MR) is 54.9 cm³/mol. The molecule has 10 heteroatoms. The maximum atomic E-state index is 9.86. The molecule has 0 saturated heterocycles. The monoisotopic (exact) mass is 275 g/mol. The highest BCUT2D eigenvalue weighted by Gasteiger charge is 2.11. The van der Waals surface area contributed by atoms with Crippen molar-refractivity contribution in [1.29, 1.82) is 0 Å². The highest BCUT2D eigenvalue weighted by atomic mass is 32.2. The van der Waals surface area contributed by atoms with E-state index in [2.05, 4.69) is 4.98 Å². The fraction of sp³-hybridized carbons (Fsp3) is 0.400. The van der Waals surface area contributed by atoms with Gasteiger partial charge in [0.15, 0.2) is 0 Å². The smallest absolute Gasteiger partial charge is 0.265 e. The van der Waals surface area contributed by atoms with Gasteiger partial charge in [0.2, 0.25) is 0 Å². The van der Waals surface area contributed by atoms with Gasteiger partial charge in [-0.1, -0.05) is 0 Å². The molecule has 0 aliphatic rings. The number of hydrogen-bond acceptors (Lipinski definition) is 6. The second-order valence-corrected chi connectivity index (χ2v) is 6.15. The Morgan fingerprint density at radius 1 is 1.07 bits per heavy atom. The first-order valence-electron chi connectivity index (χ1n) is 3.43. The molecule has 0 aliphatic carbocycles. The highest BCUT2D eigenvalue weighted by Crippen LogP contribution is 1.87. The second kappa shape index (κ2) is 6.12. The summed E-state index contributed by atoms with van der Waals surface area (Å²) < 4.78 is 55.4. The van der Waals surface area contributed by atoms with E-state index in [1.165, 1.54) is 0 Å². The van der Waals surface area contributed by atoms with Crippen molar-refractivity contribution in [3.8, 4) is 0 Å². The lowest BCUT2D eigenvalue weighted by Gasteiger charge is -1.92. The Labute approximate surface area is 91.3 Å². The molecule has 0 radical (unpaired) electrons. The van der Waals surface area contributed by atoms with E-state index < -0.39 is 31.7 Å². The molecule has 0 fully saturated rings. The van der Waals surface area contributed by atoms with Gasteiger partial charge in [0.05, 0.1) is 17.0 Å². The average molecular weight is 275 g/mol. The molecule has 88 valence electrons. The maximum absolute atomic E-state index is 9.86. The van der Waals surface area contributed by atoms with Gasteiger partial charge in [0, 0.05) is 11.6 Å². The van der Waals surface area contributed by atoms with Gasteiger partial charge in [-0.15, -0.1) is 11.3 Å². The quantitative estimate of drug-likeness (QED) is 0.739. The first-order chi connectivity index (χ1) is 6.71. The third-order valence-electron chi connectivity index (χ3n) is 0.946. The van der Waals surface area contributed by atoms with Gasteiger partial charge in [0.1, 0.15) is 0 Å². The molecule has 1 aromatic heterocycles. The number of hydrogen-bond donors (Lipinski definition) is 2. The van der Waals surface area contributed by atoms with E-state index in [0.717, 1.165) is 0 Å². The van der Waals surface area contributed by atoms with Crippen LogP contribution in [-0.4, -0.2) is 42.4 Å². The molecular weight excluding hydrogens is 266 g/mol. The van der Waals surface area contributed by atoms with Crippen LogP contribution in [0.25, 0.3) is 0 Å². The Morgan fingerprint density at radius 2 is 1.53 bits per heavy atom. The van der Waals surface area contributed by atoms with Gasteiger partial charge in [-0.3, -0.25) is 14.1 Å². The molecule has 1 heterocycles. The largest absolute Gasteiger partial charge is 0.286 e. The van der Waals surface area contributed by atoms with E-state index in [0.29, 0.717) is 0 Å². The summed E-state index contributed by atoms with van der Waals surface area (Å²) in [6.45, 7) is 0. The fourth-order valence-electron chi connectivity index (χ4n) is 0.386. The Morgan fingerprint density at radius 3 is 1.67 bits per heavy atom. The minimum Gasteiger partial charge on any atom is -0.286 e. The van der Waals surface area contributed by atoms with Crippen molar-refractivity contribution >= 4 is 31.6 Å². The van der Waals surface area contributed by atoms with Crippen molar-refractivity contribution < 1.29 is 25.9 Å². The third-order valence-corrected chi connectivity index (χ3v) is 3.17. The first kappa shape index (κ1) is 14.5. The van der Waals surface area contributed by atoms with Gasteiger partial charge in [0.25, 0.3) is 20.2 Å². The predicted octanol–water partition coefficient (Wildman–Crippen LogP) is -0.0949. The Balaban J connectivity index is 0.000000322. The van der Waals surface area contributed by atoms with Crippen LogP contribution in [-0.2, 0) is 20.2 Å². The van der Waals surface area contributed by atoms with Crippen molar-refractivity contribution in [3.05, 3.63) is 17.1 Å². The summed E-state index contributed by atoms with van der Waals surface area (Å²) >= 11 is 1.60. The topological polar surface area (TPSA) is 122 Å². The Hall–Kier alpha value is -0.550. The minimum absolute atomic E-state index is 0.980. The molecule has 0 unspecified atom stereocenters. The summed E-state index contributed by atoms with van der Waals surface area (Å²) in [4.78, 5) is 3.74. The summed E-state index contributed by atoms with van der Waals surface area (Å²) in [5, 5.41) is 1.93. The van der Waals surface area contributed by atoms with Crippen LogP contribution in [0.5, 0.6) is 0 Å². The van der Waals surface area contributed by atoms with Gasteiger partial charge in [-0.25, -0.2) is 0 Å². The fourth-order valence-corrected chi connectivity index (χ4v) is 2.42. The van der Waals surface area contributed by atoms with Crippen molar-refractivity contribution in [2.24, 2.45) is 0 Å². The van der Waals surface area contributed by atoms with Crippen LogP contribution in [0, 0.1) is 0 Å². The molecule has 7 nitrogen and oxygen atoms in total. The van der Waals surface area contributed by atoms with E-state index >= 15 is 0 Å². The van der Waals surface area contributed by atoms with Crippen LogP contribution in [0.4, 0.5) is 0 Å². The van der Waals surface area contributed by atoms with Gasteiger partial charge in [-0.2, -0.15) is 16.8 Å². The van der Waals surface area contributed by atoms with Gasteiger partial charge < -0.3 is 0 Å². The van der Waals surface area contributed by atoms with Gasteiger partial charge in [-0.05, 0) is 0 Å². The maximum Gasteiger partial charge on any atom is 0.265 e. The van der Waals surface area contributed by atoms with Crippen molar-refractivity contribution in [2.45, 2.75) is 0 Å². The van der Waals surface area contributed by atoms with Crippen molar-refractivity contribution in [2.75, 3.05) is 11.5 Å². The van der Waals surface area contributed by atoms with Crippen molar-refractivity contribution in [3.63, 3.8) is 0 Å². The standard InChI is InChI=1S/C3H3NS.C2H6O6S2/c1-2-5-3-4-1;3-9(4,5)1-2-10(6,7)8/h1-3H;1-2H2,(H,3,4,5)(H,6,7,8). The lowest BCUT2D eigenvalue weighted by Crippen LogP contribution is -2.15. The third kappa shape index (κ3) is 13.4. The molecule has 0 spiro atoms. The first-order valence-corrected chi connectivity index (χ1v) is 7.59. The molecule has 0 aromatic carbocycles. The van der Waals surface area contributed by atoms with Crippen LogP contribution in [0.1, 0.15) is 0 Å². The normalized spacial score (nSPS) is 11.6. The summed E-state index contributed by atoms with van der Waals surface area (Å²) in [5.41, 5.74) is 1.79. The zero-order valence-corrected chi connectivity index (χ0v) is 9.80. The van der Waals surface area contributed by atoms with E-state index in [-0.39, 0.29) is 0 Å². The average Bonchev–Trinajstić information content (AvgIpc) is 2.54. The molecule has 0 atom stereocenters. The zero-order chi connectivity index (χ0) is 11.9. The van der Waals surface area contributed by atoms with Crippen molar-refractivity contribution in [1.82, 2.24) is 4.98 Å². The summed E-state index contributed by atoms with van der Waals surface area (Å²) in [6.07, 6.45) is 1.77. The lowest BCUT2D eigenvalue weighted by atomic mass is 11.0. The summed E-state index contributed by atoms with van der Waals surface area (Å²) in [6, 6.07) is 0. The van der Waals surface area contributed by atoms with Crippen LogP contribution in [0.3, 0.4) is 0 Å². The number of nitrogens with zero attached hydrogens (tertiary/aromatic N) is 1. The molecule has 0 saturated carbocycles. The van der Waals surface area contributed by atoms with Crippen LogP contribution in [0.2, 0.25) is 0 Å². The molecule has 1 aromatic rings. The lowest BCUT2D eigenvalue weighted by molar-refractivity contribution is 0.472. The van der Waals surface area contributed by atoms with Gasteiger partial charge >= 0.3 is 0 Å². The van der Waals surface area contributed by atoms with E-state index in [1.807, 2.05) is 5.38 Å². The van der Waals surface area contributed by atoms with E-state index in [1.54, 1.807) is 23.0 Å². The molecule has 15 heavy (non-hydrogen) atoms. The SMILES string of the molecule is O=S(=O)(O)CCS(=O)(=O)O.c1cscn1. The van der Waals surface area contributed by atoms with E-state index in [4.69, 9.17) is 9.11 Å². The Kier molecular flexibility index (Phi) is 5.90. The van der Waals surface area contributed by atoms with Crippen LogP contribution < -0.4 is 0 Å². The summed E-state index contributed by atoms with van der Waals surface area (Å²) in [7, 11) is -8.59. The number of thiazole rings is 1. The van der Waals surface area contributed by atoms with Crippen LogP contribution in [0.15, 0.2) is 17.1 Å².